The Morgan fingerprint density at radius 2 is 1.47 bits per heavy atom. The lowest BCUT2D eigenvalue weighted by molar-refractivity contribution is -0.198. The van der Waals surface area contributed by atoms with Crippen LogP contribution < -0.4 is 0 Å². The molecule has 200 valence electrons. The average molecular weight is 497 g/mol. The topological polar surface area (TPSA) is 60.4 Å². The molecule has 0 aromatic rings. The van der Waals surface area contributed by atoms with Gasteiger partial charge in [0.1, 0.15) is 5.78 Å². The molecule has 0 amide bonds. The summed E-state index contributed by atoms with van der Waals surface area (Å²) in [5.74, 6) is 0.335. The first kappa shape index (κ1) is 26.2. The van der Waals surface area contributed by atoms with Gasteiger partial charge in [-0.15, -0.1) is 0 Å². The molecule has 4 heteroatoms. The SMILES string of the molecule is COC(=O)[C@]12CCC(C)(C)C[C@H]1[C@H]1C(=O)C=C3[C@@]4(C)CCC(=O)C(C)(C)[C@]4(C)CC[C@@]3(C)[C@]1(C)CC2. The summed E-state index contributed by atoms with van der Waals surface area (Å²) in [4.78, 5) is 40.9. The third-order valence-corrected chi connectivity index (χ3v) is 13.8. The van der Waals surface area contributed by atoms with E-state index in [1.165, 1.54) is 12.7 Å². The molecule has 0 unspecified atom stereocenters. The number of Topliss-reactive ketones (excluding diaryl/α,β-unsaturated/α-hetero) is 1. The van der Waals surface area contributed by atoms with Crippen LogP contribution in [0, 0.1) is 49.7 Å². The van der Waals surface area contributed by atoms with E-state index in [1.807, 2.05) is 6.08 Å². The molecular weight excluding hydrogens is 448 g/mol. The molecule has 4 nitrogen and oxygen atoms in total. The minimum atomic E-state index is -0.544. The Labute approximate surface area is 218 Å². The molecule has 5 aliphatic carbocycles. The number of ketones is 2. The standard InChI is InChI=1S/C32H48O4/c1-26(2)12-16-32(25(35)36-9)17-14-30(7)24(20(32)19-26)21(33)18-22-28(30,5)13-15-31(8)27(3,4)23(34)10-11-29(22,31)6/h18,20,24H,10-17,19H2,1-9H3/t20-,24-,28+,29+,30+,31-,32-/m0/s1. The van der Waals surface area contributed by atoms with Gasteiger partial charge in [0.05, 0.1) is 12.5 Å². The smallest absolute Gasteiger partial charge is 0.312 e. The summed E-state index contributed by atoms with van der Waals surface area (Å²) in [5.41, 5.74) is -0.253. The number of carbonyl (C=O) groups is 3. The average Bonchev–Trinajstić information content (AvgIpc) is 2.80. The summed E-state index contributed by atoms with van der Waals surface area (Å²) in [6.07, 6.45) is 9.81. The van der Waals surface area contributed by atoms with Crippen molar-refractivity contribution in [2.75, 3.05) is 7.11 Å². The zero-order valence-electron chi connectivity index (χ0n) is 24.2. The zero-order chi connectivity index (χ0) is 26.7. The van der Waals surface area contributed by atoms with Crippen LogP contribution in [0.15, 0.2) is 11.6 Å². The highest BCUT2D eigenvalue weighted by molar-refractivity contribution is 5.96. The molecule has 36 heavy (non-hydrogen) atoms. The summed E-state index contributed by atoms with van der Waals surface area (Å²) < 4.78 is 5.43. The van der Waals surface area contributed by atoms with E-state index in [4.69, 9.17) is 4.74 Å². The highest BCUT2D eigenvalue weighted by Crippen LogP contribution is 2.77. The first-order chi connectivity index (χ1) is 16.5. The quantitative estimate of drug-likeness (QED) is 0.363. The van der Waals surface area contributed by atoms with Crippen LogP contribution in [0.3, 0.4) is 0 Å². The lowest BCUT2D eigenvalue weighted by Gasteiger charge is -2.72. The molecule has 4 fully saturated rings. The van der Waals surface area contributed by atoms with Gasteiger partial charge in [-0.25, -0.2) is 0 Å². The molecule has 0 bridgehead atoms. The maximum atomic E-state index is 14.4. The minimum absolute atomic E-state index is 0.0139. The Bertz CT molecular complexity index is 1070. The monoisotopic (exact) mass is 496 g/mol. The van der Waals surface area contributed by atoms with Crippen molar-refractivity contribution in [3.8, 4) is 0 Å². The van der Waals surface area contributed by atoms with Crippen LogP contribution >= 0.6 is 0 Å². The van der Waals surface area contributed by atoms with Crippen molar-refractivity contribution in [3.05, 3.63) is 11.6 Å². The van der Waals surface area contributed by atoms with Gasteiger partial charge in [-0.05, 0) is 90.4 Å². The second-order valence-electron chi connectivity index (χ2n) is 15.5. The van der Waals surface area contributed by atoms with Crippen LogP contribution in [-0.4, -0.2) is 24.6 Å². The second kappa shape index (κ2) is 7.35. The van der Waals surface area contributed by atoms with Gasteiger partial charge in [0.25, 0.3) is 0 Å². The maximum absolute atomic E-state index is 14.4. The number of methoxy groups -OCH3 is 1. The Morgan fingerprint density at radius 3 is 2.11 bits per heavy atom. The molecule has 0 N–H and O–H groups in total. The van der Waals surface area contributed by atoms with Gasteiger partial charge in [-0.2, -0.15) is 0 Å². The zero-order valence-corrected chi connectivity index (χ0v) is 24.2. The van der Waals surface area contributed by atoms with Crippen LogP contribution in [0.25, 0.3) is 0 Å². The molecule has 0 aromatic carbocycles. The summed E-state index contributed by atoms with van der Waals surface area (Å²) in [6, 6.07) is 0. The van der Waals surface area contributed by atoms with E-state index in [9.17, 15) is 14.4 Å². The van der Waals surface area contributed by atoms with Crippen LogP contribution in [0.1, 0.15) is 113 Å². The molecule has 4 saturated carbocycles. The highest BCUT2D eigenvalue weighted by atomic mass is 16.5. The third kappa shape index (κ3) is 2.80. The molecule has 0 aliphatic heterocycles. The van der Waals surface area contributed by atoms with Crippen molar-refractivity contribution in [1.82, 2.24) is 0 Å². The van der Waals surface area contributed by atoms with Crippen molar-refractivity contribution < 1.29 is 19.1 Å². The fourth-order valence-electron chi connectivity index (χ4n) is 10.5. The van der Waals surface area contributed by atoms with Crippen molar-refractivity contribution >= 4 is 17.5 Å². The number of hydrogen-bond acceptors (Lipinski definition) is 4. The van der Waals surface area contributed by atoms with Gasteiger partial charge >= 0.3 is 5.97 Å². The summed E-state index contributed by atoms with van der Waals surface area (Å²) in [7, 11) is 1.51. The Balaban J connectivity index is 1.68. The number of carbonyl (C=O) groups excluding carboxylic acids is 3. The second-order valence-corrected chi connectivity index (χ2v) is 15.5. The van der Waals surface area contributed by atoms with Crippen LogP contribution in [0.5, 0.6) is 0 Å². The van der Waals surface area contributed by atoms with Gasteiger partial charge < -0.3 is 4.74 Å². The first-order valence-corrected chi connectivity index (χ1v) is 14.3. The predicted molar refractivity (Wildman–Crippen MR) is 141 cm³/mol. The van der Waals surface area contributed by atoms with E-state index >= 15 is 0 Å². The van der Waals surface area contributed by atoms with Crippen molar-refractivity contribution in [3.63, 3.8) is 0 Å². The van der Waals surface area contributed by atoms with Crippen LogP contribution in [0.2, 0.25) is 0 Å². The van der Waals surface area contributed by atoms with E-state index in [0.29, 0.717) is 12.2 Å². The molecule has 0 spiro atoms. The summed E-state index contributed by atoms with van der Waals surface area (Å²) >= 11 is 0. The van der Waals surface area contributed by atoms with Gasteiger partial charge in [0.15, 0.2) is 5.78 Å². The molecule has 5 rings (SSSR count). The predicted octanol–water partition coefficient (Wildman–Crippen LogP) is 7.10. The maximum Gasteiger partial charge on any atom is 0.312 e. The van der Waals surface area contributed by atoms with Crippen molar-refractivity contribution in [2.24, 2.45) is 49.7 Å². The fourth-order valence-corrected chi connectivity index (χ4v) is 10.5. The number of esters is 1. The molecule has 5 aliphatic rings. The molecule has 0 heterocycles. The minimum Gasteiger partial charge on any atom is -0.469 e. The Morgan fingerprint density at radius 1 is 0.833 bits per heavy atom. The van der Waals surface area contributed by atoms with Gasteiger partial charge in [-0.3, -0.25) is 14.4 Å². The van der Waals surface area contributed by atoms with Crippen molar-refractivity contribution in [2.45, 2.75) is 113 Å². The first-order valence-electron chi connectivity index (χ1n) is 14.3. The Kier molecular flexibility index (Phi) is 5.34. The van der Waals surface area contributed by atoms with E-state index in [0.717, 1.165) is 51.4 Å². The molecule has 0 radical (unpaired) electrons. The molecule has 0 saturated heterocycles. The number of ether oxygens (including phenoxy) is 1. The number of hydrogen-bond donors (Lipinski definition) is 0. The van der Waals surface area contributed by atoms with E-state index in [1.54, 1.807) is 0 Å². The van der Waals surface area contributed by atoms with Crippen molar-refractivity contribution in [1.29, 1.82) is 0 Å². The van der Waals surface area contributed by atoms with Gasteiger partial charge in [0, 0.05) is 17.8 Å². The summed E-state index contributed by atoms with van der Waals surface area (Å²) in [5, 5.41) is 0. The number of rotatable bonds is 1. The van der Waals surface area contributed by atoms with Gasteiger partial charge in [0.2, 0.25) is 0 Å². The fraction of sp³-hybridized carbons (Fsp3) is 0.844. The lowest BCUT2D eigenvalue weighted by Crippen LogP contribution is -2.68. The normalized spacial score (nSPS) is 49.1. The van der Waals surface area contributed by atoms with Crippen LogP contribution in [-0.2, 0) is 19.1 Å². The largest absolute Gasteiger partial charge is 0.469 e. The number of allylic oxidation sites excluding steroid dienone is 2. The lowest BCUT2D eigenvalue weighted by atomic mass is 9.31. The summed E-state index contributed by atoms with van der Waals surface area (Å²) in [6.45, 7) is 18.3. The third-order valence-electron chi connectivity index (χ3n) is 13.8. The molecular formula is C32H48O4. The number of fused-ring (bicyclic) bond motifs is 7. The van der Waals surface area contributed by atoms with Gasteiger partial charge in [-0.1, -0.05) is 61.0 Å². The van der Waals surface area contributed by atoms with E-state index in [2.05, 4.69) is 55.4 Å². The van der Waals surface area contributed by atoms with Crippen LogP contribution in [0.4, 0.5) is 0 Å². The van der Waals surface area contributed by atoms with E-state index in [-0.39, 0.29) is 50.7 Å². The molecule has 7 atom stereocenters. The van der Waals surface area contributed by atoms with E-state index < -0.39 is 10.8 Å². The Hall–Kier alpha value is -1.45. The molecule has 0 aromatic heterocycles. The highest BCUT2D eigenvalue weighted by Gasteiger charge is 2.73.